The summed E-state index contributed by atoms with van der Waals surface area (Å²) in [7, 11) is 2.20. The van der Waals surface area contributed by atoms with E-state index in [-0.39, 0.29) is 0 Å². The molecule has 0 amide bonds. The van der Waals surface area contributed by atoms with Gasteiger partial charge in [-0.1, -0.05) is 94.4 Å². The van der Waals surface area contributed by atoms with Crippen molar-refractivity contribution < 1.29 is 4.57 Å². The molecule has 5 rings (SSSR count). The number of benzene rings is 4. The molecule has 5 aromatic rings. The van der Waals surface area contributed by atoms with E-state index in [1.807, 2.05) is 0 Å². The Morgan fingerprint density at radius 1 is 0.676 bits per heavy atom. The van der Waals surface area contributed by atoms with Crippen LogP contribution < -0.4 is 4.57 Å². The summed E-state index contributed by atoms with van der Waals surface area (Å²) < 4.78 is 4.83. The molecular weight excluding hydrogens is 412 g/mol. The molecule has 0 saturated carbocycles. The van der Waals surface area contributed by atoms with Gasteiger partial charge in [0.1, 0.15) is 17.6 Å². The largest absolute Gasteiger partial charge is 0.294 e. The summed E-state index contributed by atoms with van der Waals surface area (Å²) in [4.78, 5) is 0. The van der Waals surface area contributed by atoms with Crippen molar-refractivity contribution >= 4 is 21.5 Å². The van der Waals surface area contributed by atoms with Crippen LogP contribution >= 0.6 is 0 Å². The van der Waals surface area contributed by atoms with Gasteiger partial charge in [0.15, 0.2) is 0 Å². The predicted octanol–water partition coefficient (Wildman–Crippen LogP) is 8.14. The second-order valence-electron chi connectivity index (χ2n) is 10.3. The molecule has 0 atom stereocenters. The summed E-state index contributed by atoms with van der Waals surface area (Å²) in [6.07, 6.45) is 2.32. The van der Waals surface area contributed by atoms with Crippen LogP contribution in [-0.4, -0.2) is 4.57 Å². The van der Waals surface area contributed by atoms with Gasteiger partial charge in [-0.3, -0.25) is 0 Å². The molecule has 1 aromatic heterocycles. The van der Waals surface area contributed by atoms with Crippen LogP contribution in [0.4, 0.5) is 0 Å². The highest BCUT2D eigenvalue weighted by atomic mass is 15.2. The second kappa shape index (κ2) is 8.43. The van der Waals surface area contributed by atoms with E-state index in [9.17, 15) is 0 Å². The maximum atomic E-state index is 2.47. The fourth-order valence-electron chi connectivity index (χ4n) is 5.41. The van der Waals surface area contributed by atoms with Crippen LogP contribution in [0, 0.1) is 13.8 Å². The standard InChI is InChI=1S/C32H35N2/c1-20(2)25-13-10-14-26(21(3)4)31(25)34-19-23(6)33(7)32(34)30-22(5)15-17-28-27-12-9-8-11-24(27)16-18-29(28)30/h8-21H,1-7H3/q+1. The lowest BCUT2D eigenvalue weighted by Crippen LogP contribution is -2.35. The van der Waals surface area contributed by atoms with Gasteiger partial charge in [-0.2, -0.15) is 4.57 Å². The van der Waals surface area contributed by atoms with E-state index >= 15 is 0 Å². The van der Waals surface area contributed by atoms with Crippen LogP contribution in [-0.2, 0) is 7.05 Å². The van der Waals surface area contributed by atoms with Gasteiger partial charge in [0, 0.05) is 18.1 Å². The number of aryl methyl sites for hydroxylation is 2. The third-order valence-corrected chi connectivity index (χ3v) is 7.33. The molecule has 0 bridgehead atoms. The molecule has 0 N–H and O–H groups in total. The smallest absolute Gasteiger partial charge is 0.230 e. The monoisotopic (exact) mass is 447 g/mol. The number of rotatable bonds is 4. The number of nitrogens with zero attached hydrogens (tertiary/aromatic N) is 2. The van der Waals surface area contributed by atoms with E-state index in [2.05, 4.69) is 131 Å². The third kappa shape index (κ3) is 3.44. The Kier molecular flexibility index (Phi) is 5.56. The molecule has 172 valence electrons. The van der Waals surface area contributed by atoms with Crippen LogP contribution in [0.2, 0.25) is 0 Å². The van der Waals surface area contributed by atoms with E-state index in [0.29, 0.717) is 11.8 Å². The highest BCUT2D eigenvalue weighted by Gasteiger charge is 2.29. The Hall–Kier alpha value is -3.39. The SMILES string of the molecule is Cc1ccc2c(ccc3ccccc32)c1-c1n(C)c(C)c[n+]1-c1c(C(C)C)cccc1C(C)C. The molecule has 0 spiro atoms. The Morgan fingerprint density at radius 3 is 2.00 bits per heavy atom. The van der Waals surface area contributed by atoms with Gasteiger partial charge >= 0.3 is 0 Å². The van der Waals surface area contributed by atoms with E-state index in [1.165, 1.54) is 61.0 Å². The zero-order valence-corrected chi connectivity index (χ0v) is 21.5. The van der Waals surface area contributed by atoms with E-state index in [1.54, 1.807) is 0 Å². The van der Waals surface area contributed by atoms with Gasteiger partial charge < -0.3 is 0 Å². The van der Waals surface area contributed by atoms with Crippen molar-refractivity contribution in [2.24, 2.45) is 7.05 Å². The molecule has 0 aliphatic rings. The first-order chi connectivity index (χ1) is 16.3. The molecule has 0 unspecified atom stereocenters. The highest BCUT2D eigenvalue weighted by molar-refractivity contribution is 6.12. The van der Waals surface area contributed by atoms with Crippen LogP contribution in [0.5, 0.6) is 0 Å². The molecule has 34 heavy (non-hydrogen) atoms. The zero-order chi connectivity index (χ0) is 24.1. The maximum absolute atomic E-state index is 2.47. The quantitative estimate of drug-likeness (QED) is 0.194. The number of hydrogen-bond donors (Lipinski definition) is 0. The van der Waals surface area contributed by atoms with E-state index < -0.39 is 0 Å². The van der Waals surface area contributed by atoms with Gasteiger partial charge in [-0.25, -0.2) is 4.57 Å². The summed E-state index contributed by atoms with van der Waals surface area (Å²) in [5, 5.41) is 5.21. The average molecular weight is 448 g/mol. The first kappa shape index (κ1) is 22.4. The second-order valence-corrected chi connectivity index (χ2v) is 10.3. The Labute approximate surface area is 203 Å². The zero-order valence-electron chi connectivity index (χ0n) is 21.5. The van der Waals surface area contributed by atoms with Gasteiger partial charge in [-0.05, 0) is 45.9 Å². The molecule has 0 aliphatic carbocycles. The number of imidazole rings is 1. The van der Waals surface area contributed by atoms with Crippen LogP contribution in [0.1, 0.15) is 61.9 Å². The van der Waals surface area contributed by atoms with Gasteiger partial charge in [0.25, 0.3) is 5.82 Å². The lowest BCUT2D eigenvalue weighted by Gasteiger charge is -2.18. The minimum atomic E-state index is 0.437. The number of para-hydroxylation sites is 1. The molecule has 0 saturated heterocycles. The predicted molar refractivity (Wildman–Crippen MR) is 145 cm³/mol. The van der Waals surface area contributed by atoms with Crippen molar-refractivity contribution in [3.8, 4) is 17.1 Å². The maximum Gasteiger partial charge on any atom is 0.294 e. The minimum Gasteiger partial charge on any atom is -0.230 e. The van der Waals surface area contributed by atoms with Gasteiger partial charge in [0.05, 0.1) is 12.6 Å². The Bertz CT molecular complexity index is 1510. The third-order valence-electron chi connectivity index (χ3n) is 7.33. The molecule has 4 aromatic carbocycles. The van der Waals surface area contributed by atoms with Crippen molar-refractivity contribution in [1.82, 2.24) is 4.57 Å². The van der Waals surface area contributed by atoms with Crippen molar-refractivity contribution in [3.63, 3.8) is 0 Å². The molecule has 0 fully saturated rings. The lowest BCUT2D eigenvalue weighted by molar-refractivity contribution is -0.584. The lowest BCUT2D eigenvalue weighted by atomic mass is 9.91. The Balaban J connectivity index is 1.92. The van der Waals surface area contributed by atoms with Crippen LogP contribution in [0.3, 0.4) is 0 Å². The fourth-order valence-corrected chi connectivity index (χ4v) is 5.41. The summed E-state index contributed by atoms with van der Waals surface area (Å²) in [5.74, 6) is 2.12. The molecule has 2 nitrogen and oxygen atoms in total. The normalized spacial score (nSPS) is 11.9. The summed E-state index contributed by atoms with van der Waals surface area (Å²) >= 11 is 0. The molecule has 1 heterocycles. The van der Waals surface area contributed by atoms with E-state index in [4.69, 9.17) is 0 Å². The van der Waals surface area contributed by atoms with Gasteiger partial charge in [-0.15, -0.1) is 0 Å². The van der Waals surface area contributed by atoms with Crippen LogP contribution in [0.25, 0.3) is 38.6 Å². The Morgan fingerprint density at radius 2 is 1.32 bits per heavy atom. The molecule has 2 heteroatoms. The van der Waals surface area contributed by atoms with Crippen molar-refractivity contribution in [2.75, 3.05) is 0 Å². The van der Waals surface area contributed by atoms with E-state index in [0.717, 1.165) is 0 Å². The highest BCUT2D eigenvalue weighted by Crippen LogP contribution is 2.36. The number of fused-ring (bicyclic) bond motifs is 3. The minimum absolute atomic E-state index is 0.437. The number of aromatic nitrogens is 2. The van der Waals surface area contributed by atoms with Crippen molar-refractivity contribution in [1.29, 1.82) is 0 Å². The molecular formula is C32H35N2+. The summed E-state index contributed by atoms with van der Waals surface area (Å²) in [6.45, 7) is 13.7. The summed E-state index contributed by atoms with van der Waals surface area (Å²) in [5.41, 5.74) is 7.99. The van der Waals surface area contributed by atoms with Crippen molar-refractivity contribution in [2.45, 2.75) is 53.4 Å². The summed E-state index contributed by atoms with van der Waals surface area (Å²) in [6, 6.07) is 24.7. The van der Waals surface area contributed by atoms with Crippen molar-refractivity contribution in [3.05, 3.63) is 95.3 Å². The fraction of sp³-hybridized carbons (Fsp3) is 0.281. The molecule has 0 radical (unpaired) electrons. The first-order valence-corrected chi connectivity index (χ1v) is 12.4. The topological polar surface area (TPSA) is 8.81 Å². The first-order valence-electron chi connectivity index (χ1n) is 12.4. The van der Waals surface area contributed by atoms with Gasteiger partial charge in [0.2, 0.25) is 0 Å². The van der Waals surface area contributed by atoms with Crippen LogP contribution in [0.15, 0.2) is 72.9 Å². The molecule has 0 aliphatic heterocycles. The number of hydrogen-bond acceptors (Lipinski definition) is 0. The average Bonchev–Trinajstić information content (AvgIpc) is 3.11.